The van der Waals surface area contributed by atoms with Crippen LogP contribution in [-0.2, 0) is 0 Å². The minimum atomic E-state index is -0.381. The van der Waals surface area contributed by atoms with E-state index in [2.05, 4.69) is 6.92 Å². The largest absolute Gasteiger partial charge is 0.392 e. The highest BCUT2D eigenvalue weighted by Gasteiger charge is 2.17. The van der Waals surface area contributed by atoms with Crippen LogP contribution in [0.1, 0.15) is 31.7 Å². The van der Waals surface area contributed by atoms with Gasteiger partial charge in [-0.2, -0.15) is 0 Å². The number of hydrogen-bond acceptors (Lipinski definition) is 3. The Morgan fingerprint density at radius 3 is 2.56 bits per heavy atom. The summed E-state index contributed by atoms with van der Waals surface area (Å²) < 4.78 is 0.901. The number of thiocarbonyl (C=S) groups is 1. The Balaban J connectivity index is 2.54. The summed E-state index contributed by atoms with van der Waals surface area (Å²) in [6.45, 7) is 4.11. The zero-order valence-corrected chi connectivity index (χ0v) is 11.4. The van der Waals surface area contributed by atoms with Crippen LogP contribution in [0.3, 0.4) is 0 Å². The highest BCUT2D eigenvalue weighted by atomic mass is 32.2. The van der Waals surface area contributed by atoms with E-state index in [0.29, 0.717) is 6.42 Å². The van der Waals surface area contributed by atoms with Crippen molar-refractivity contribution in [1.82, 2.24) is 0 Å². The SMILES string of the molecule is CCSC(=S)C[C@H](O)[C@H](C)c1ccccc1. The topological polar surface area (TPSA) is 20.2 Å². The first-order chi connectivity index (χ1) is 7.65. The van der Waals surface area contributed by atoms with Crippen molar-refractivity contribution in [3.05, 3.63) is 35.9 Å². The molecule has 1 rings (SSSR count). The molecule has 0 aromatic heterocycles. The van der Waals surface area contributed by atoms with E-state index in [1.807, 2.05) is 37.3 Å². The Kier molecular flexibility index (Phi) is 6.03. The lowest BCUT2D eigenvalue weighted by Gasteiger charge is -2.19. The maximum absolute atomic E-state index is 10.1. The van der Waals surface area contributed by atoms with Gasteiger partial charge in [-0.1, -0.05) is 56.4 Å². The molecule has 3 heteroatoms. The van der Waals surface area contributed by atoms with E-state index in [1.165, 1.54) is 5.56 Å². The third-order valence-corrected chi connectivity index (χ3v) is 3.88. The lowest BCUT2D eigenvalue weighted by molar-refractivity contribution is 0.158. The van der Waals surface area contributed by atoms with E-state index in [-0.39, 0.29) is 12.0 Å². The lowest BCUT2D eigenvalue weighted by Crippen LogP contribution is -2.18. The van der Waals surface area contributed by atoms with Gasteiger partial charge in [0.25, 0.3) is 0 Å². The molecule has 0 saturated heterocycles. The predicted octanol–water partition coefficient (Wildman–Crippen LogP) is 3.62. The fourth-order valence-corrected chi connectivity index (χ4v) is 2.68. The van der Waals surface area contributed by atoms with Crippen molar-refractivity contribution < 1.29 is 5.11 Å². The second-order valence-electron chi connectivity index (χ2n) is 3.78. The van der Waals surface area contributed by atoms with Crippen molar-refractivity contribution in [3.63, 3.8) is 0 Å². The van der Waals surface area contributed by atoms with Crippen molar-refractivity contribution >= 4 is 28.2 Å². The van der Waals surface area contributed by atoms with Crippen molar-refractivity contribution in [2.45, 2.75) is 32.3 Å². The van der Waals surface area contributed by atoms with Crippen LogP contribution in [0.2, 0.25) is 0 Å². The highest BCUT2D eigenvalue weighted by molar-refractivity contribution is 8.23. The minimum absolute atomic E-state index is 0.136. The molecule has 0 heterocycles. The van der Waals surface area contributed by atoms with Gasteiger partial charge in [0, 0.05) is 12.3 Å². The number of hydrogen-bond donors (Lipinski definition) is 1. The van der Waals surface area contributed by atoms with Gasteiger partial charge < -0.3 is 5.11 Å². The first-order valence-electron chi connectivity index (χ1n) is 5.53. The Morgan fingerprint density at radius 2 is 2.00 bits per heavy atom. The number of aliphatic hydroxyl groups excluding tert-OH is 1. The van der Waals surface area contributed by atoms with Crippen molar-refractivity contribution in [2.24, 2.45) is 0 Å². The van der Waals surface area contributed by atoms with Gasteiger partial charge in [-0.25, -0.2) is 0 Å². The van der Waals surface area contributed by atoms with Crippen molar-refractivity contribution in [1.29, 1.82) is 0 Å². The van der Waals surface area contributed by atoms with Crippen LogP contribution >= 0.6 is 24.0 Å². The van der Waals surface area contributed by atoms with Gasteiger partial charge >= 0.3 is 0 Å². The van der Waals surface area contributed by atoms with Gasteiger partial charge in [0.1, 0.15) is 0 Å². The fraction of sp³-hybridized carbons (Fsp3) is 0.462. The molecule has 0 aliphatic heterocycles. The molecule has 0 aliphatic rings. The molecule has 0 saturated carbocycles. The predicted molar refractivity (Wildman–Crippen MR) is 76.2 cm³/mol. The molecule has 2 atom stereocenters. The van der Waals surface area contributed by atoms with Crippen LogP contribution in [0.25, 0.3) is 0 Å². The monoisotopic (exact) mass is 254 g/mol. The molecule has 1 aromatic rings. The zero-order chi connectivity index (χ0) is 12.0. The van der Waals surface area contributed by atoms with Crippen molar-refractivity contribution in [3.8, 4) is 0 Å². The Hall–Kier alpha value is -0.380. The average molecular weight is 254 g/mol. The van der Waals surface area contributed by atoms with Gasteiger partial charge in [-0.3, -0.25) is 0 Å². The third-order valence-electron chi connectivity index (χ3n) is 2.58. The molecule has 0 spiro atoms. The Bertz CT molecular complexity index is 324. The van der Waals surface area contributed by atoms with E-state index in [9.17, 15) is 5.11 Å². The molecular weight excluding hydrogens is 236 g/mol. The lowest BCUT2D eigenvalue weighted by atomic mass is 9.94. The summed E-state index contributed by atoms with van der Waals surface area (Å²) >= 11 is 6.85. The summed E-state index contributed by atoms with van der Waals surface area (Å²) in [5.74, 6) is 1.11. The Morgan fingerprint density at radius 1 is 1.38 bits per heavy atom. The summed E-state index contributed by atoms with van der Waals surface area (Å²) in [7, 11) is 0. The average Bonchev–Trinajstić information content (AvgIpc) is 2.29. The molecule has 1 nitrogen and oxygen atoms in total. The summed E-state index contributed by atoms with van der Waals surface area (Å²) in [6, 6.07) is 10.1. The molecule has 0 bridgehead atoms. The molecule has 88 valence electrons. The van der Waals surface area contributed by atoms with Gasteiger partial charge in [-0.15, -0.1) is 11.8 Å². The minimum Gasteiger partial charge on any atom is -0.392 e. The van der Waals surface area contributed by atoms with E-state index in [0.717, 1.165) is 9.95 Å². The number of aliphatic hydroxyl groups is 1. The molecule has 0 fully saturated rings. The molecule has 0 unspecified atom stereocenters. The molecular formula is C13H18OS2. The van der Waals surface area contributed by atoms with Crippen LogP contribution < -0.4 is 0 Å². The van der Waals surface area contributed by atoms with Crippen LogP contribution in [0.15, 0.2) is 30.3 Å². The third kappa shape index (κ3) is 4.24. The van der Waals surface area contributed by atoms with Crippen LogP contribution in [-0.4, -0.2) is 21.2 Å². The van der Waals surface area contributed by atoms with Crippen molar-refractivity contribution in [2.75, 3.05) is 5.75 Å². The molecule has 0 amide bonds. The normalized spacial score (nSPS) is 14.4. The van der Waals surface area contributed by atoms with Crippen LogP contribution in [0.5, 0.6) is 0 Å². The summed E-state index contributed by atoms with van der Waals surface area (Å²) in [5, 5.41) is 10.1. The Labute approximate surface area is 107 Å². The zero-order valence-electron chi connectivity index (χ0n) is 9.72. The quantitative estimate of drug-likeness (QED) is 0.810. The van der Waals surface area contributed by atoms with Crippen LogP contribution in [0, 0.1) is 0 Å². The molecule has 0 radical (unpaired) electrons. The maximum Gasteiger partial charge on any atom is 0.0659 e. The first kappa shape index (κ1) is 13.7. The van der Waals surface area contributed by atoms with E-state index in [4.69, 9.17) is 12.2 Å². The summed E-state index contributed by atoms with van der Waals surface area (Å²) in [4.78, 5) is 0. The molecule has 16 heavy (non-hydrogen) atoms. The van der Waals surface area contributed by atoms with Gasteiger partial charge in [-0.05, 0) is 11.3 Å². The number of thioether (sulfide) groups is 1. The summed E-state index contributed by atoms with van der Waals surface area (Å²) in [5.41, 5.74) is 1.17. The first-order valence-corrected chi connectivity index (χ1v) is 6.93. The fourth-order valence-electron chi connectivity index (χ4n) is 1.55. The second kappa shape index (κ2) is 7.05. The summed E-state index contributed by atoms with van der Waals surface area (Å²) in [6.07, 6.45) is 0.220. The molecule has 1 aromatic carbocycles. The maximum atomic E-state index is 10.1. The molecule has 1 N–H and O–H groups in total. The van der Waals surface area contributed by atoms with Gasteiger partial charge in [0.05, 0.1) is 10.3 Å². The van der Waals surface area contributed by atoms with Gasteiger partial charge in [0.2, 0.25) is 0 Å². The highest BCUT2D eigenvalue weighted by Crippen LogP contribution is 2.23. The van der Waals surface area contributed by atoms with E-state index in [1.54, 1.807) is 11.8 Å². The van der Waals surface area contributed by atoms with E-state index >= 15 is 0 Å². The van der Waals surface area contributed by atoms with Gasteiger partial charge in [0.15, 0.2) is 0 Å². The smallest absolute Gasteiger partial charge is 0.0659 e. The number of benzene rings is 1. The van der Waals surface area contributed by atoms with Crippen LogP contribution in [0.4, 0.5) is 0 Å². The molecule has 0 aliphatic carbocycles. The second-order valence-corrected chi connectivity index (χ2v) is 5.89. The number of rotatable bonds is 5. The standard InChI is InChI=1S/C13H18OS2/c1-3-16-13(15)9-12(14)10(2)11-7-5-4-6-8-11/h4-8,10,12,14H,3,9H2,1-2H3/t10-,12+/m1/s1. The van der Waals surface area contributed by atoms with E-state index < -0.39 is 0 Å².